The summed E-state index contributed by atoms with van der Waals surface area (Å²) in [6.45, 7) is 6.24. The summed E-state index contributed by atoms with van der Waals surface area (Å²) in [5, 5.41) is 11.5. The molecular formula is C16H23N3O4S3. The molecule has 1 aromatic rings. The van der Waals surface area contributed by atoms with E-state index in [1.165, 1.54) is 16.4 Å². The highest BCUT2D eigenvalue weighted by molar-refractivity contribution is 8.23. The number of rotatable bonds is 6. The molecule has 1 aliphatic rings. The lowest BCUT2D eigenvalue weighted by molar-refractivity contribution is -0.387. The summed E-state index contributed by atoms with van der Waals surface area (Å²) in [5.74, 6) is 0. The van der Waals surface area contributed by atoms with Crippen LogP contribution in [-0.4, -0.2) is 53.0 Å². The number of hydrogen-bond donors (Lipinski definition) is 0. The van der Waals surface area contributed by atoms with Gasteiger partial charge in [0.15, 0.2) is 0 Å². The van der Waals surface area contributed by atoms with Crippen molar-refractivity contribution in [3.05, 3.63) is 28.3 Å². The first-order valence-electron chi connectivity index (χ1n) is 8.56. The molecule has 7 nitrogen and oxygen atoms in total. The monoisotopic (exact) mass is 417 g/mol. The largest absolute Gasteiger partial charge is 0.358 e. The Labute approximate surface area is 163 Å². The van der Waals surface area contributed by atoms with Gasteiger partial charge in [-0.1, -0.05) is 30.4 Å². The lowest BCUT2D eigenvalue weighted by Gasteiger charge is -2.26. The Balaban J connectivity index is 2.34. The van der Waals surface area contributed by atoms with E-state index in [9.17, 15) is 18.5 Å². The summed E-state index contributed by atoms with van der Waals surface area (Å²) in [5.41, 5.74) is -0.234. The second kappa shape index (κ2) is 9.12. The van der Waals surface area contributed by atoms with Crippen LogP contribution in [0.4, 0.5) is 5.69 Å². The van der Waals surface area contributed by atoms with Crippen LogP contribution in [0.25, 0.3) is 0 Å². The van der Waals surface area contributed by atoms with Crippen LogP contribution in [0, 0.1) is 10.1 Å². The molecule has 0 N–H and O–H groups in total. The maximum absolute atomic E-state index is 12.8. The molecule has 10 heteroatoms. The van der Waals surface area contributed by atoms with Gasteiger partial charge >= 0.3 is 0 Å². The lowest BCUT2D eigenvalue weighted by atomic mass is 10.2. The summed E-state index contributed by atoms with van der Waals surface area (Å²) in [7, 11) is -3.71. The topological polar surface area (TPSA) is 83.8 Å². The van der Waals surface area contributed by atoms with Crippen molar-refractivity contribution < 1.29 is 13.3 Å². The number of nitrogens with zero attached hydrogens (tertiary/aromatic N) is 3. The molecule has 0 atom stereocenters. The average molecular weight is 418 g/mol. The zero-order valence-electron chi connectivity index (χ0n) is 14.9. The first-order chi connectivity index (χ1) is 12.3. The predicted octanol–water partition coefficient (Wildman–Crippen LogP) is 3.49. The van der Waals surface area contributed by atoms with Crippen molar-refractivity contribution in [3.8, 4) is 0 Å². The molecular weight excluding hydrogens is 394 g/mol. The average Bonchev–Trinajstić information content (AvgIpc) is 2.63. The highest BCUT2D eigenvalue weighted by atomic mass is 32.2. The van der Waals surface area contributed by atoms with Crippen LogP contribution in [0.1, 0.15) is 33.1 Å². The van der Waals surface area contributed by atoms with Gasteiger partial charge in [-0.15, -0.1) is 0 Å². The van der Waals surface area contributed by atoms with E-state index in [1.807, 2.05) is 18.7 Å². The summed E-state index contributed by atoms with van der Waals surface area (Å²) >= 11 is 6.47. The van der Waals surface area contributed by atoms with Crippen molar-refractivity contribution in [1.82, 2.24) is 9.21 Å². The first-order valence-corrected chi connectivity index (χ1v) is 11.2. The molecule has 0 saturated carbocycles. The summed E-state index contributed by atoms with van der Waals surface area (Å²) in [6.07, 6.45) is 2.63. The molecule has 0 bridgehead atoms. The van der Waals surface area contributed by atoms with Crippen molar-refractivity contribution >= 4 is 44.0 Å². The maximum Gasteiger partial charge on any atom is 0.284 e. The zero-order valence-corrected chi connectivity index (χ0v) is 17.3. The van der Waals surface area contributed by atoms with E-state index < -0.39 is 14.9 Å². The van der Waals surface area contributed by atoms with Gasteiger partial charge in [0, 0.05) is 32.2 Å². The van der Waals surface area contributed by atoms with Crippen LogP contribution in [0.3, 0.4) is 0 Å². The molecule has 0 radical (unpaired) electrons. The molecule has 144 valence electrons. The predicted molar refractivity (Wildman–Crippen MR) is 107 cm³/mol. The Kier molecular flexibility index (Phi) is 7.39. The van der Waals surface area contributed by atoms with Gasteiger partial charge in [0.2, 0.25) is 10.0 Å². The number of thioether (sulfide) groups is 1. The minimum atomic E-state index is -3.71. The van der Waals surface area contributed by atoms with Crippen LogP contribution >= 0.6 is 24.0 Å². The summed E-state index contributed by atoms with van der Waals surface area (Å²) in [4.78, 5) is 13.2. The van der Waals surface area contributed by atoms with E-state index in [0.717, 1.165) is 37.1 Å². The third-order valence-electron chi connectivity index (χ3n) is 4.30. The van der Waals surface area contributed by atoms with Crippen LogP contribution in [0.5, 0.6) is 0 Å². The number of sulfonamides is 1. The van der Waals surface area contributed by atoms with Crippen LogP contribution in [-0.2, 0) is 10.0 Å². The molecule has 2 rings (SSSR count). The fourth-order valence-electron chi connectivity index (χ4n) is 2.78. The molecule has 1 saturated heterocycles. The highest BCUT2D eigenvalue weighted by Crippen LogP contribution is 2.34. The Hall–Kier alpha value is -1.23. The van der Waals surface area contributed by atoms with E-state index in [2.05, 4.69) is 0 Å². The first kappa shape index (κ1) is 21.1. The number of piperidine rings is 1. The number of hydrogen-bond acceptors (Lipinski definition) is 6. The molecule has 0 spiro atoms. The van der Waals surface area contributed by atoms with Gasteiger partial charge in [-0.2, -0.15) is 4.31 Å². The number of thiocarbonyl (C=S) groups is 1. The summed E-state index contributed by atoms with van der Waals surface area (Å²) in [6, 6.07) is 4.07. The van der Waals surface area contributed by atoms with Gasteiger partial charge in [-0.25, -0.2) is 8.42 Å². The third kappa shape index (κ3) is 4.73. The van der Waals surface area contributed by atoms with Crippen LogP contribution < -0.4 is 0 Å². The van der Waals surface area contributed by atoms with E-state index in [-0.39, 0.29) is 10.6 Å². The molecule has 1 aromatic carbocycles. The molecule has 1 aliphatic heterocycles. The van der Waals surface area contributed by atoms with Crippen LogP contribution in [0.2, 0.25) is 0 Å². The van der Waals surface area contributed by atoms with Gasteiger partial charge in [0.05, 0.1) is 14.7 Å². The van der Waals surface area contributed by atoms with Crippen molar-refractivity contribution in [3.63, 3.8) is 0 Å². The van der Waals surface area contributed by atoms with E-state index in [1.54, 1.807) is 0 Å². The van der Waals surface area contributed by atoms with Crippen LogP contribution in [0.15, 0.2) is 28.0 Å². The maximum atomic E-state index is 12.8. The van der Waals surface area contributed by atoms with Crippen molar-refractivity contribution in [2.45, 2.75) is 42.9 Å². The smallest absolute Gasteiger partial charge is 0.284 e. The number of nitro benzene ring substituents is 1. The molecule has 0 unspecified atom stereocenters. The Morgan fingerprint density at radius 2 is 1.88 bits per heavy atom. The van der Waals surface area contributed by atoms with Crippen molar-refractivity contribution in [2.24, 2.45) is 0 Å². The SMILES string of the molecule is CCN(CC)C(=S)Sc1ccc(S(=O)(=O)N2CCCCC2)cc1[N+](=O)[O-]. The minimum absolute atomic E-state index is 0.0378. The zero-order chi connectivity index (χ0) is 19.3. The number of benzene rings is 1. The molecule has 0 aliphatic carbocycles. The van der Waals surface area contributed by atoms with Gasteiger partial charge < -0.3 is 4.90 Å². The third-order valence-corrected chi connectivity index (χ3v) is 7.70. The second-order valence-corrected chi connectivity index (χ2v) is 9.51. The fraction of sp³-hybridized carbons (Fsp3) is 0.562. The molecule has 0 aromatic heterocycles. The van der Waals surface area contributed by atoms with Gasteiger partial charge in [-0.05, 0) is 38.8 Å². The van der Waals surface area contributed by atoms with Gasteiger partial charge in [0.25, 0.3) is 5.69 Å². The van der Waals surface area contributed by atoms with E-state index >= 15 is 0 Å². The summed E-state index contributed by atoms with van der Waals surface area (Å²) < 4.78 is 27.5. The van der Waals surface area contributed by atoms with E-state index in [0.29, 0.717) is 35.4 Å². The number of nitro groups is 1. The van der Waals surface area contributed by atoms with Gasteiger partial charge in [0.1, 0.15) is 4.32 Å². The fourth-order valence-corrected chi connectivity index (χ4v) is 5.80. The quantitative estimate of drug-likeness (QED) is 0.303. The Morgan fingerprint density at radius 3 is 2.42 bits per heavy atom. The molecule has 1 fully saturated rings. The minimum Gasteiger partial charge on any atom is -0.358 e. The lowest BCUT2D eigenvalue weighted by Crippen LogP contribution is -2.35. The Morgan fingerprint density at radius 1 is 1.27 bits per heavy atom. The Bertz CT molecular complexity index is 773. The normalized spacial score (nSPS) is 15.6. The second-order valence-electron chi connectivity index (χ2n) is 5.89. The van der Waals surface area contributed by atoms with Crippen molar-refractivity contribution in [1.29, 1.82) is 0 Å². The van der Waals surface area contributed by atoms with Crippen molar-refractivity contribution in [2.75, 3.05) is 26.2 Å². The van der Waals surface area contributed by atoms with E-state index in [4.69, 9.17) is 12.2 Å². The van der Waals surface area contributed by atoms with Gasteiger partial charge in [-0.3, -0.25) is 10.1 Å². The molecule has 26 heavy (non-hydrogen) atoms. The standard InChI is InChI=1S/C16H23N3O4S3/c1-3-17(4-2)16(24)25-15-9-8-13(12-14(15)19(20)21)26(22,23)18-10-6-5-7-11-18/h8-9,12H,3-7,10-11H2,1-2H3. The molecule has 1 heterocycles. The highest BCUT2D eigenvalue weighted by Gasteiger charge is 2.29. The molecule has 0 amide bonds.